The maximum absolute atomic E-state index is 12.6. The first-order valence-electron chi connectivity index (χ1n) is 4.62. The summed E-state index contributed by atoms with van der Waals surface area (Å²) in [4.78, 5) is 14.8. The summed E-state index contributed by atoms with van der Waals surface area (Å²) in [6, 6.07) is 0. The summed E-state index contributed by atoms with van der Waals surface area (Å²) in [5, 5.41) is 9.31. The van der Waals surface area contributed by atoms with E-state index in [0.717, 1.165) is 6.20 Å². The molecule has 1 aromatic rings. The smallest absolute Gasteiger partial charge is 0.340 e. The van der Waals surface area contributed by atoms with Crippen molar-refractivity contribution in [2.45, 2.75) is 20.3 Å². The summed E-state index contributed by atoms with van der Waals surface area (Å²) < 4.78 is 29.8. The van der Waals surface area contributed by atoms with Crippen LogP contribution in [0.4, 0.5) is 8.78 Å². The molecule has 4 nitrogen and oxygen atoms in total. The number of ether oxygens (including phenoxy) is 1. The highest BCUT2D eigenvalue weighted by molar-refractivity contribution is 5.93. The number of rotatable bonds is 3. The fourth-order valence-corrected chi connectivity index (χ4v) is 1.24. The molecule has 1 aromatic heterocycles. The van der Waals surface area contributed by atoms with E-state index in [1.165, 1.54) is 6.92 Å². The maximum atomic E-state index is 12.6. The Morgan fingerprint density at radius 3 is 2.75 bits per heavy atom. The molecule has 0 aliphatic carbocycles. The number of nitrogens with zero attached hydrogens (tertiary/aromatic N) is 1. The van der Waals surface area contributed by atoms with Crippen LogP contribution in [0.25, 0.3) is 0 Å². The molecule has 0 aromatic carbocycles. The molecule has 0 saturated heterocycles. The van der Waals surface area contributed by atoms with Gasteiger partial charge in [-0.25, -0.2) is 13.6 Å². The highest BCUT2D eigenvalue weighted by atomic mass is 19.3. The van der Waals surface area contributed by atoms with Crippen molar-refractivity contribution in [2.24, 2.45) is 0 Å². The van der Waals surface area contributed by atoms with Crippen LogP contribution in [-0.4, -0.2) is 22.7 Å². The number of aromatic nitrogens is 1. The number of halogens is 2. The van der Waals surface area contributed by atoms with E-state index in [1.54, 1.807) is 6.92 Å². The minimum Gasteiger partial charge on any atom is -0.506 e. The molecule has 0 spiro atoms. The van der Waals surface area contributed by atoms with Crippen LogP contribution in [0.3, 0.4) is 0 Å². The molecule has 1 rings (SSSR count). The summed E-state index contributed by atoms with van der Waals surface area (Å²) in [5.41, 5.74) is -0.991. The number of esters is 1. The Labute approximate surface area is 90.9 Å². The maximum Gasteiger partial charge on any atom is 0.340 e. The van der Waals surface area contributed by atoms with Crippen LogP contribution in [0.15, 0.2) is 6.20 Å². The third-order valence-electron chi connectivity index (χ3n) is 2.03. The van der Waals surface area contributed by atoms with Gasteiger partial charge in [-0.1, -0.05) is 0 Å². The molecule has 0 bridgehead atoms. The lowest BCUT2D eigenvalue weighted by atomic mass is 10.1. The molecule has 1 N–H and O–H groups in total. The molecule has 0 atom stereocenters. The van der Waals surface area contributed by atoms with Crippen molar-refractivity contribution in [3.05, 3.63) is 23.0 Å². The molecule has 0 fully saturated rings. The average Bonchev–Trinajstić information content (AvgIpc) is 2.21. The largest absolute Gasteiger partial charge is 0.506 e. The molecule has 88 valence electrons. The Hall–Kier alpha value is -1.72. The van der Waals surface area contributed by atoms with Crippen LogP contribution in [0, 0.1) is 6.92 Å². The van der Waals surface area contributed by atoms with Crippen molar-refractivity contribution in [3.63, 3.8) is 0 Å². The van der Waals surface area contributed by atoms with Gasteiger partial charge in [0, 0.05) is 5.56 Å². The lowest BCUT2D eigenvalue weighted by Crippen LogP contribution is -2.12. The molecule has 0 radical (unpaired) electrons. The van der Waals surface area contributed by atoms with Gasteiger partial charge < -0.3 is 9.84 Å². The van der Waals surface area contributed by atoms with Crippen LogP contribution in [0.5, 0.6) is 5.75 Å². The second-order valence-corrected chi connectivity index (χ2v) is 3.05. The average molecular weight is 231 g/mol. The van der Waals surface area contributed by atoms with Crippen LogP contribution >= 0.6 is 0 Å². The summed E-state index contributed by atoms with van der Waals surface area (Å²) in [7, 11) is 0. The second kappa shape index (κ2) is 4.87. The van der Waals surface area contributed by atoms with Gasteiger partial charge in [0.15, 0.2) is 0 Å². The van der Waals surface area contributed by atoms with Gasteiger partial charge in [0.05, 0.1) is 18.4 Å². The standard InChI is InChI=1S/C10H11F2NO3/c1-3-16-10(15)7-5(2)6(14)4-13-8(7)9(11)12/h4,9,14H,3H2,1-2H3. The predicted molar refractivity (Wildman–Crippen MR) is 51.6 cm³/mol. The predicted octanol–water partition coefficient (Wildman–Crippen LogP) is 2.21. The molecule has 0 saturated carbocycles. The quantitative estimate of drug-likeness (QED) is 0.810. The number of pyridine rings is 1. The van der Waals surface area contributed by atoms with Gasteiger partial charge in [0.25, 0.3) is 6.43 Å². The van der Waals surface area contributed by atoms with Crippen LogP contribution < -0.4 is 0 Å². The molecule has 0 aliphatic heterocycles. The summed E-state index contributed by atoms with van der Waals surface area (Å²) in [6.07, 6.45) is -2.00. The van der Waals surface area contributed by atoms with Gasteiger partial charge in [-0.05, 0) is 13.8 Å². The minimum atomic E-state index is -2.89. The molecular weight excluding hydrogens is 220 g/mol. The van der Waals surface area contributed by atoms with Crippen LogP contribution in [0.2, 0.25) is 0 Å². The Morgan fingerprint density at radius 1 is 1.62 bits per heavy atom. The van der Waals surface area contributed by atoms with Crippen molar-refractivity contribution < 1.29 is 23.4 Å². The number of aromatic hydroxyl groups is 1. The zero-order valence-corrected chi connectivity index (χ0v) is 8.83. The van der Waals surface area contributed by atoms with E-state index in [-0.39, 0.29) is 23.5 Å². The van der Waals surface area contributed by atoms with E-state index in [4.69, 9.17) is 0 Å². The van der Waals surface area contributed by atoms with Crippen molar-refractivity contribution in [1.82, 2.24) is 4.98 Å². The van der Waals surface area contributed by atoms with Gasteiger partial charge in [0.2, 0.25) is 0 Å². The van der Waals surface area contributed by atoms with E-state index in [0.29, 0.717) is 0 Å². The van der Waals surface area contributed by atoms with Crippen molar-refractivity contribution in [2.75, 3.05) is 6.61 Å². The number of hydrogen-bond acceptors (Lipinski definition) is 4. The highest BCUT2D eigenvalue weighted by Gasteiger charge is 2.24. The van der Waals surface area contributed by atoms with Gasteiger partial charge in [-0.2, -0.15) is 0 Å². The first kappa shape index (κ1) is 12.4. The highest BCUT2D eigenvalue weighted by Crippen LogP contribution is 2.28. The van der Waals surface area contributed by atoms with Crippen LogP contribution in [-0.2, 0) is 4.74 Å². The molecule has 0 aliphatic rings. The third-order valence-corrected chi connectivity index (χ3v) is 2.03. The number of alkyl halides is 2. The first-order chi connectivity index (χ1) is 7.49. The molecule has 6 heteroatoms. The first-order valence-corrected chi connectivity index (χ1v) is 4.62. The van der Waals surface area contributed by atoms with Crippen molar-refractivity contribution in [1.29, 1.82) is 0 Å². The Morgan fingerprint density at radius 2 is 2.25 bits per heavy atom. The fraction of sp³-hybridized carbons (Fsp3) is 0.400. The lowest BCUT2D eigenvalue weighted by Gasteiger charge is -2.11. The Balaban J connectivity index is 3.31. The lowest BCUT2D eigenvalue weighted by molar-refractivity contribution is 0.0511. The summed E-state index contributed by atoms with van der Waals surface area (Å²) in [5.74, 6) is -1.22. The molecule has 16 heavy (non-hydrogen) atoms. The SMILES string of the molecule is CCOC(=O)c1c(C(F)F)ncc(O)c1C. The normalized spacial score (nSPS) is 10.6. The van der Waals surface area contributed by atoms with Crippen molar-refractivity contribution >= 4 is 5.97 Å². The molecule has 1 heterocycles. The number of carbonyl (C=O) groups is 1. The van der Waals surface area contributed by atoms with Gasteiger partial charge in [-0.15, -0.1) is 0 Å². The fourth-order valence-electron chi connectivity index (χ4n) is 1.24. The summed E-state index contributed by atoms with van der Waals surface area (Å²) >= 11 is 0. The van der Waals surface area contributed by atoms with Gasteiger partial charge in [-0.3, -0.25) is 4.98 Å². The molecular formula is C10H11F2NO3. The molecule has 0 amide bonds. The topological polar surface area (TPSA) is 59.4 Å². The van der Waals surface area contributed by atoms with E-state index < -0.39 is 18.1 Å². The van der Waals surface area contributed by atoms with Gasteiger partial charge in [0.1, 0.15) is 11.4 Å². The Bertz CT molecular complexity index is 407. The Kier molecular flexibility index (Phi) is 3.76. The molecule has 0 unspecified atom stereocenters. The summed E-state index contributed by atoms with van der Waals surface area (Å²) in [6.45, 7) is 2.98. The monoisotopic (exact) mass is 231 g/mol. The number of carbonyl (C=O) groups excluding carboxylic acids is 1. The zero-order chi connectivity index (χ0) is 12.3. The van der Waals surface area contributed by atoms with Crippen molar-refractivity contribution in [3.8, 4) is 5.75 Å². The van der Waals surface area contributed by atoms with Crippen LogP contribution in [0.1, 0.15) is 35.0 Å². The second-order valence-electron chi connectivity index (χ2n) is 3.05. The minimum absolute atomic E-state index is 0.0451. The van der Waals surface area contributed by atoms with E-state index >= 15 is 0 Å². The van der Waals surface area contributed by atoms with E-state index in [1.807, 2.05) is 0 Å². The third kappa shape index (κ3) is 2.26. The van der Waals surface area contributed by atoms with Gasteiger partial charge >= 0.3 is 5.97 Å². The van der Waals surface area contributed by atoms with E-state index in [9.17, 15) is 18.7 Å². The number of hydrogen-bond donors (Lipinski definition) is 1. The van der Waals surface area contributed by atoms with E-state index in [2.05, 4.69) is 9.72 Å². The zero-order valence-electron chi connectivity index (χ0n) is 8.83.